The number of hydrogen-bond donors (Lipinski definition) is 1. The van der Waals surface area contributed by atoms with Crippen molar-refractivity contribution in [3.8, 4) is 0 Å². The molecule has 0 bridgehead atoms. The van der Waals surface area contributed by atoms with Crippen LogP contribution >= 0.6 is 0 Å². The second-order valence-electron chi connectivity index (χ2n) is 6.28. The van der Waals surface area contributed by atoms with E-state index in [-0.39, 0.29) is 5.54 Å². The Kier molecular flexibility index (Phi) is 4.81. The largest absolute Gasteiger partial charge is 0.329 e. The van der Waals surface area contributed by atoms with Gasteiger partial charge in [0.15, 0.2) is 0 Å². The summed E-state index contributed by atoms with van der Waals surface area (Å²) >= 11 is 0. The van der Waals surface area contributed by atoms with Crippen LogP contribution in [-0.4, -0.2) is 30.1 Å². The summed E-state index contributed by atoms with van der Waals surface area (Å²) in [5.41, 5.74) is 6.19. The van der Waals surface area contributed by atoms with Crippen molar-refractivity contribution in [1.82, 2.24) is 4.90 Å². The molecule has 0 spiro atoms. The van der Waals surface area contributed by atoms with Gasteiger partial charge in [-0.25, -0.2) is 0 Å². The van der Waals surface area contributed by atoms with Crippen LogP contribution in [0.15, 0.2) is 0 Å². The monoisotopic (exact) mass is 226 g/mol. The van der Waals surface area contributed by atoms with Crippen LogP contribution in [0, 0.1) is 17.8 Å². The first-order valence-corrected chi connectivity index (χ1v) is 6.87. The van der Waals surface area contributed by atoms with Crippen molar-refractivity contribution in [2.75, 3.05) is 19.6 Å². The Hall–Kier alpha value is -0.0800. The minimum Gasteiger partial charge on any atom is -0.329 e. The van der Waals surface area contributed by atoms with Gasteiger partial charge in [0.2, 0.25) is 0 Å². The average molecular weight is 226 g/mol. The third-order valence-electron chi connectivity index (χ3n) is 4.86. The molecule has 1 heterocycles. The van der Waals surface area contributed by atoms with E-state index in [0.717, 1.165) is 18.4 Å². The third-order valence-corrected chi connectivity index (χ3v) is 4.86. The summed E-state index contributed by atoms with van der Waals surface area (Å²) in [6.45, 7) is 14.9. The van der Waals surface area contributed by atoms with E-state index in [4.69, 9.17) is 5.73 Å². The lowest BCUT2D eigenvalue weighted by molar-refractivity contribution is 0.0271. The van der Waals surface area contributed by atoms with Crippen molar-refractivity contribution in [3.05, 3.63) is 0 Å². The van der Waals surface area contributed by atoms with Crippen LogP contribution in [0.5, 0.6) is 0 Å². The molecular weight excluding hydrogens is 196 g/mol. The van der Waals surface area contributed by atoms with Crippen molar-refractivity contribution in [3.63, 3.8) is 0 Å². The van der Waals surface area contributed by atoms with Gasteiger partial charge < -0.3 is 5.73 Å². The topological polar surface area (TPSA) is 29.3 Å². The summed E-state index contributed by atoms with van der Waals surface area (Å²) in [6, 6.07) is 0. The Morgan fingerprint density at radius 1 is 1.19 bits per heavy atom. The maximum Gasteiger partial charge on any atom is 0.0326 e. The van der Waals surface area contributed by atoms with E-state index in [1.165, 1.54) is 25.9 Å². The number of likely N-dealkylation sites (tertiary alicyclic amines) is 1. The minimum absolute atomic E-state index is 0.196. The second-order valence-corrected chi connectivity index (χ2v) is 6.28. The fourth-order valence-electron chi connectivity index (χ4n) is 2.81. The number of nitrogens with zero attached hydrogens (tertiary/aromatic N) is 1. The zero-order chi connectivity index (χ0) is 12.3. The molecule has 0 radical (unpaired) electrons. The molecule has 1 fully saturated rings. The van der Waals surface area contributed by atoms with Crippen LogP contribution in [0.3, 0.4) is 0 Å². The zero-order valence-corrected chi connectivity index (χ0v) is 11.8. The molecule has 0 amide bonds. The molecule has 0 aliphatic carbocycles. The lowest BCUT2D eigenvalue weighted by Crippen LogP contribution is -2.57. The molecule has 0 aromatic heterocycles. The number of nitrogens with two attached hydrogens (primary N) is 1. The molecule has 1 rings (SSSR count). The van der Waals surface area contributed by atoms with E-state index in [0.29, 0.717) is 5.92 Å². The lowest BCUT2D eigenvalue weighted by atomic mass is 9.81. The third kappa shape index (κ3) is 2.78. The van der Waals surface area contributed by atoms with E-state index < -0.39 is 0 Å². The summed E-state index contributed by atoms with van der Waals surface area (Å²) in [6.07, 6.45) is 2.69. The summed E-state index contributed by atoms with van der Waals surface area (Å²) < 4.78 is 0. The normalized spacial score (nSPS) is 24.0. The first-order chi connectivity index (χ1) is 7.41. The van der Waals surface area contributed by atoms with Crippen LogP contribution in [-0.2, 0) is 0 Å². The maximum atomic E-state index is 5.99. The highest BCUT2D eigenvalue weighted by atomic mass is 15.2. The van der Waals surface area contributed by atoms with Crippen LogP contribution in [0.4, 0.5) is 0 Å². The molecule has 0 aromatic carbocycles. The van der Waals surface area contributed by atoms with Crippen molar-refractivity contribution in [2.45, 2.75) is 53.0 Å². The molecule has 1 aliphatic rings. The van der Waals surface area contributed by atoms with Gasteiger partial charge in [-0.3, -0.25) is 4.90 Å². The molecule has 0 aromatic rings. The Bertz CT molecular complexity index is 205. The van der Waals surface area contributed by atoms with Crippen LogP contribution in [0.2, 0.25) is 0 Å². The van der Waals surface area contributed by atoms with Gasteiger partial charge in [0.05, 0.1) is 0 Å². The number of piperidine rings is 1. The highest BCUT2D eigenvalue weighted by Crippen LogP contribution is 2.31. The molecule has 1 aliphatic heterocycles. The molecular formula is C14H30N2. The summed E-state index contributed by atoms with van der Waals surface area (Å²) in [5.74, 6) is 2.39. The molecule has 0 saturated carbocycles. The molecule has 1 atom stereocenters. The highest BCUT2D eigenvalue weighted by Gasteiger charge is 2.36. The van der Waals surface area contributed by atoms with Crippen LogP contribution in [0.25, 0.3) is 0 Å². The van der Waals surface area contributed by atoms with Gasteiger partial charge in [0, 0.05) is 12.1 Å². The van der Waals surface area contributed by atoms with Gasteiger partial charge in [0.1, 0.15) is 0 Å². The van der Waals surface area contributed by atoms with Crippen molar-refractivity contribution < 1.29 is 0 Å². The van der Waals surface area contributed by atoms with Crippen LogP contribution in [0.1, 0.15) is 47.5 Å². The van der Waals surface area contributed by atoms with Gasteiger partial charge >= 0.3 is 0 Å². The van der Waals surface area contributed by atoms with E-state index in [2.05, 4.69) is 39.5 Å². The first-order valence-electron chi connectivity index (χ1n) is 6.87. The lowest BCUT2D eigenvalue weighted by Gasteiger charge is -2.47. The van der Waals surface area contributed by atoms with Gasteiger partial charge in [-0.1, -0.05) is 27.7 Å². The molecule has 2 N–H and O–H groups in total. The predicted octanol–water partition coefficient (Wildman–Crippen LogP) is 2.73. The Morgan fingerprint density at radius 3 is 2.00 bits per heavy atom. The SMILES string of the molecule is CC(C)C1CCN(C(C)(CN)C(C)C)CC1. The average Bonchev–Trinajstić information content (AvgIpc) is 2.27. The maximum absolute atomic E-state index is 5.99. The standard InChI is InChI=1S/C14H30N2/c1-11(2)13-6-8-16(9-7-13)14(5,10-15)12(3)4/h11-13H,6-10,15H2,1-5H3. The van der Waals surface area contributed by atoms with Crippen molar-refractivity contribution >= 4 is 0 Å². The van der Waals surface area contributed by atoms with Gasteiger partial charge in [-0.05, 0) is 50.6 Å². The minimum atomic E-state index is 0.196. The molecule has 2 nitrogen and oxygen atoms in total. The summed E-state index contributed by atoms with van der Waals surface area (Å²) in [7, 11) is 0. The molecule has 1 saturated heterocycles. The quantitative estimate of drug-likeness (QED) is 0.798. The molecule has 1 unspecified atom stereocenters. The Labute approximate surface area is 102 Å². The van der Waals surface area contributed by atoms with Gasteiger partial charge in [0.25, 0.3) is 0 Å². The fraction of sp³-hybridized carbons (Fsp3) is 1.00. The van der Waals surface area contributed by atoms with Crippen molar-refractivity contribution in [1.29, 1.82) is 0 Å². The predicted molar refractivity (Wildman–Crippen MR) is 71.4 cm³/mol. The van der Waals surface area contributed by atoms with E-state index in [1.807, 2.05) is 0 Å². The number of rotatable bonds is 4. The zero-order valence-electron chi connectivity index (χ0n) is 11.8. The number of hydrogen-bond acceptors (Lipinski definition) is 2. The van der Waals surface area contributed by atoms with E-state index in [1.54, 1.807) is 0 Å². The summed E-state index contributed by atoms with van der Waals surface area (Å²) in [5, 5.41) is 0. The first kappa shape index (κ1) is 14.0. The van der Waals surface area contributed by atoms with E-state index >= 15 is 0 Å². The van der Waals surface area contributed by atoms with E-state index in [9.17, 15) is 0 Å². The van der Waals surface area contributed by atoms with Gasteiger partial charge in [-0.15, -0.1) is 0 Å². The molecule has 16 heavy (non-hydrogen) atoms. The second kappa shape index (κ2) is 5.50. The Balaban J connectivity index is 2.58. The smallest absolute Gasteiger partial charge is 0.0326 e. The van der Waals surface area contributed by atoms with Gasteiger partial charge in [-0.2, -0.15) is 0 Å². The summed E-state index contributed by atoms with van der Waals surface area (Å²) in [4.78, 5) is 2.62. The highest BCUT2D eigenvalue weighted by molar-refractivity contribution is 4.92. The fourth-order valence-corrected chi connectivity index (χ4v) is 2.81. The molecule has 96 valence electrons. The molecule has 2 heteroatoms. The van der Waals surface area contributed by atoms with Crippen molar-refractivity contribution in [2.24, 2.45) is 23.5 Å². The Morgan fingerprint density at radius 2 is 1.69 bits per heavy atom. The van der Waals surface area contributed by atoms with Crippen LogP contribution < -0.4 is 5.73 Å².